The molecule has 3 amide bonds. The molecule has 1 aliphatic rings. The number of allylic oxidation sites excluding steroid dienone is 1. The summed E-state index contributed by atoms with van der Waals surface area (Å²) in [6, 6.07) is 21.9. The number of nitrogens with zero attached hydrogens (tertiary/aromatic N) is 1. The van der Waals surface area contributed by atoms with Crippen molar-refractivity contribution in [3.8, 4) is 17.2 Å². The molecule has 4 aromatic rings. The van der Waals surface area contributed by atoms with Crippen LogP contribution in [0.4, 0.5) is 4.79 Å². The Morgan fingerprint density at radius 3 is 2.48 bits per heavy atom. The van der Waals surface area contributed by atoms with Crippen molar-refractivity contribution >= 4 is 80.1 Å². The SMILES string of the molecule is CCOC(=O)C1=C(C)NC(=O)N[C@H]1c1ccc(OCC(=O)N/N=C\c2cc(I)c(OCc3cccc4ccccc34)c(I)c2)c(OC)c1. The first-order valence-electron chi connectivity index (χ1n) is 14.8. The lowest BCUT2D eigenvalue weighted by Gasteiger charge is -2.28. The lowest BCUT2D eigenvalue weighted by Crippen LogP contribution is -2.45. The standard InChI is InChI=1S/C35H32I2N4O7/c1-4-46-34(43)31-20(2)39-35(44)40-32(31)23-12-13-28(29(16-23)45-3)47-19-30(42)41-38-17-21-14-26(36)33(27(37)15-21)48-18-24-10-7-9-22-8-5-6-11-25(22)24/h5-17,32H,4,18-19H2,1-3H3,(H,41,42)(H2,39,40,44)/b38-17-/t32-/m0/s1. The van der Waals surface area contributed by atoms with E-state index < -0.39 is 23.9 Å². The normalized spacial score (nSPS) is 14.4. The smallest absolute Gasteiger partial charge is 0.338 e. The fourth-order valence-electron chi connectivity index (χ4n) is 5.12. The number of carbonyl (C=O) groups excluding carboxylic acids is 3. The van der Waals surface area contributed by atoms with Crippen molar-refractivity contribution in [2.45, 2.75) is 26.5 Å². The molecule has 0 spiro atoms. The number of carbonyl (C=O) groups is 3. The van der Waals surface area contributed by atoms with Gasteiger partial charge in [-0.15, -0.1) is 0 Å². The minimum atomic E-state index is -0.769. The molecule has 0 bridgehead atoms. The Bertz CT molecular complexity index is 1900. The van der Waals surface area contributed by atoms with Crippen LogP contribution in [0.2, 0.25) is 0 Å². The monoisotopic (exact) mass is 874 g/mol. The first-order chi connectivity index (χ1) is 23.2. The van der Waals surface area contributed by atoms with Crippen molar-refractivity contribution in [3.05, 3.63) is 108 Å². The molecular formula is C35H32I2N4O7. The zero-order chi connectivity index (χ0) is 34.2. The molecule has 0 saturated carbocycles. The van der Waals surface area contributed by atoms with Crippen LogP contribution in [-0.4, -0.2) is 44.4 Å². The highest BCUT2D eigenvalue weighted by molar-refractivity contribution is 14.1. The molecule has 0 radical (unpaired) electrons. The van der Waals surface area contributed by atoms with Crippen molar-refractivity contribution in [3.63, 3.8) is 0 Å². The average molecular weight is 874 g/mol. The molecule has 1 aliphatic heterocycles. The van der Waals surface area contributed by atoms with Gasteiger partial charge in [-0.2, -0.15) is 5.10 Å². The van der Waals surface area contributed by atoms with E-state index in [0.717, 1.165) is 29.4 Å². The second-order valence-electron chi connectivity index (χ2n) is 10.5. The Morgan fingerprint density at radius 1 is 0.979 bits per heavy atom. The molecule has 5 rings (SSSR count). The minimum Gasteiger partial charge on any atom is -0.493 e. The maximum atomic E-state index is 12.6. The number of halogens is 2. The number of ether oxygens (including phenoxy) is 4. The third-order valence-electron chi connectivity index (χ3n) is 7.32. The fourth-order valence-corrected chi connectivity index (χ4v) is 7.25. The molecule has 13 heteroatoms. The van der Waals surface area contributed by atoms with E-state index in [0.29, 0.717) is 29.4 Å². The van der Waals surface area contributed by atoms with Crippen molar-refractivity contribution in [2.24, 2.45) is 5.10 Å². The van der Waals surface area contributed by atoms with E-state index in [9.17, 15) is 14.4 Å². The van der Waals surface area contributed by atoms with Crippen molar-refractivity contribution < 1.29 is 33.3 Å². The van der Waals surface area contributed by atoms with E-state index in [4.69, 9.17) is 18.9 Å². The van der Waals surface area contributed by atoms with Crippen molar-refractivity contribution in [2.75, 3.05) is 20.3 Å². The van der Waals surface area contributed by atoms with E-state index in [1.54, 1.807) is 38.3 Å². The van der Waals surface area contributed by atoms with Gasteiger partial charge in [0.05, 0.1) is 38.7 Å². The van der Waals surface area contributed by atoms with Crippen LogP contribution in [0.25, 0.3) is 10.8 Å². The minimum absolute atomic E-state index is 0.186. The van der Waals surface area contributed by atoms with Crippen LogP contribution < -0.4 is 30.3 Å². The van der Waals surface area contributed by atoms with E-state index in [-0.39, 0.29) is 18.8 Å². The molecule has 0 aromatic heterocycles. The van der Waals surface area contributed by atoms with Gasteiger partial charge in [0, 0.05) is 5.70 Å². The summed E-state index contributed by atoms with van der Waals surface area (Å²) in [6.07, 6.45) is 1.55. The van der Waals surface area contributed by atoms with Crippen LogP contribution in [0.5, 0.6) is 17.2 Å². The van der Waals surface area contributed by atoms with Gasteiger partial charge in [0.1, 0.15) is 12.4 Å². The van der Waals surface area contributed by atoms with Gasteiger partial charge in [-0.3, -0.25) is 4.79 Å². The molecule has 0 fully saturated rings. The maximum absolute atomic E-state index is 12.6. The highest BCUT2D eigenvalue weighted by atomic mass is 127. The Hall–Kier alpha value is -4.38. The van der Waals surface area contributed by atoms with Crippen molar-refractivity contribution in [1.29, 1.82) is 0 Å². The number of methoxy groups -OCH3 is 1. The topological polar surface area (TPSA) is 137 Å². The Balaban J connectivity index is 1.18. The van der Waals surface area contributed by atoms with Crippen LogP contribution >= 0.6 is 45.2 Å². The summed E-state index contributed by atoms with van der Waals surface area (Å²) in [5.41, 5.74) is 5.61. The Kier molecular flexibility index (Phi) is 11.8. The first-order valence-corrected chi connectivity index (χ1v) is 17.0. The predicted molar refractivity (Wildman–Crippen MR) is 198 cm³/mol. The third-order valence-corrected chi connectivity index (χ3v) is 8.92. The molecule has 3 N–H and O–H groups in total. The zero-order valence-corrected chi connectivity index (χ0v) is 30.6. The molecule has 4 aromatic carbocycles. The number of hydrogen-bond acceptors (Lipinski definition) is 8. The van der Waals surface area contributed by atoms with Gasteiger partial charge in [-0.1, -0.05) is 48.5 Å². The number of rotatable bonds is 12. The van der Waals surface area contributed by atoms with E-state index in [1.165, 1.54) is 12.5 Å². The zero-order valence-electron chi connectivity index (χ0n) is 26.3. The van der Waals surface area contributed by atoms with Gasteiger partial charge in [-0.05, 0) is 111 Å². The molecule has 11 nitrogen and oxygen atoms in total. The summed E-state index contributed by atoms with van der Waals surface area (Å²) in [6.45, 7) is 3.63. The van der Waals surface area contributed by atoms with E-state index >= 15 is 0 Å². The van der Waals surface area contributed by atoms with Crippen molar-refractivity contribution in [1.82, 2.24) is 16.1 Å². The lowest BCUT2D eigenvalue weighted by atomic mass is 9.95. The fraction of sp³-hybridized carbons (Fsp3) is 0.200. The molecule has 0 saturated heterocycles. The number of nitrogens with one attached hydrogen (secondary N) is 3. The Morgan fingerprint density at radius 2 is 1.73 bits per heavy atom. The van der Waals surface area contributed by atoms with Crippen LogP contribution in [0.3, 0.4) is 0 Å². The number of esters is 1. The highest BCUT2D eigenvalue weighted by Gasteiger charge is 2.32. The first kappa shape index (κ1) is 34.9. The van der Waals surface area contributed by atoms with Crippen LogP contribution in [0, 0.1) is 7.14 Å². The molecule has 0 aliphatic carbocycles. The van der Waals surface area contributed by atoms with Gasteiger partial charge < -0.3 is 29.6 Å². The van der Waals surface area contributed by atoms with E-state index in [2.05, 4.69) is 90.6 Å². The average Bonchev–Trinajstić information content (AvgIpc) is 3.06. The van der Waals surface area contributed by atoms with Gasteiger partial charge in [0.25, 0.3) is 5.91 Å². The van der Waals surface area contributed by atoms with Gasteiger partial charge in [-0.25, -0.2) is 15.0 Å². The number of hydrogen-bond donors (Lipinski definition) is 3. The van der Waals surface area contributed by atoms with E-state index in [1.807, 2.05) is 30.3 Å². The maximum Gasteiger partial charge on any atom is 0.338 e. The van der Waals surface area contributed by atoms with Gasteiger partial charge >= 0.3 is 12.0 Å². The molecular weight excluding hydrogens is 842 g/mol. The molecule has 1 heterocycles. The summed E-state index contributed by atoms with van der Waals surface area (Å²) in [4.78, 5) is 37.4. The summed E-state index contributed by atoms with van der Waals surface area (Å²) >= 11 is 4.46. The second-order valence-corrected chi connectivity index (χ2v) is 12.8. The number of urea groups is 1. The summed E-state index contributed by atoms with van der Waals surface area (Å²) < 4.78 is 24.4. The number of fused-ring (bicyclic) bond motifs is 1. The van der Waals surface area contributed by atoms with Gasteiger partial charge in [0.15, 0.2) is 18.1 Å². The molecule has 48 heavy (non-hydrogen) atoms. The Labute approximate surface area is 304 Å². The lowest BCUT2D eigenvalue weighted by molar-refractivity contribution is -0.139. The predicted octanol–water partition coefficient (Wildman–Crippen LogP) is 6.36. The largest absolute Gasteiger partial charge is 0.493 e. The summed E-state index contributed by atoms with van der Waals surface area (Å²) in [7, 11) is 1.45. The molecule has 1 atom stereocenters. The van der Waals surface area contributed by atoms with Crippen LogP contribution in [-0.2, 0) is 20.9 Å². The number of hydrazone groups is 1. The number of benzene rings is 4. The van der Waals surface area contributed by atoms with Crippen LogP contribution in [0.15, 0.2) is 89.2 Å². The van der Waals surface area contributed by atoms with Crippen LogP contribution in [0.1, 0.15) is 36.6 Å². The molecule has 0 unspecified atom stereocenters. The second kappa shape index (κ2) is 16.1. The quantitative estimate of drug-likeness (QED) is 0.0653. The third kappa shape index (κ3) is 8.36. The molecule has 248 valence electrons. The number of amides is 3. The summed E-state index contributed by atoms with van der Waals surface area (Å²) in [5.74, 6) is 0.358. The summed E-state index contributed by atoms with van der Waals surface area (Å²) in [5, 5.41) is 11.8. The van der Waals surface area contributed by atoms with Gasteiger partial charge in [0.2, 0.25) is 0 Å². The highest BCUT2D eigenvalue weighted by Crippen LogP contribution is 2.35.